The molecule has 5 heteroatoms. The molecule has 2 rings (SSSR count). The van der Waals surface area contributed by atoms with Gasteiger partial charge in [-0.25, -0.2) is 0 Å². The summed E-state index contributed by atoms with van der Waals surface area (Å²) in [6.45, 7) is 10.1. The Labute approximate surface area is 128 Å². The highest BCUT2D eigenvalue weighted by molar-refractivity contribution is 5.80. The van der Waals surface area contributed by atoms with Crippen molar-refractivity contribution in [2.75, 3.05) is 32.9 Å². The molecule has 5 nitrogen and oxygen atoms in total. The van der Waals surface area contributed by atoms with Crippen molar-refractivity contribution >= 4 is 5.97 Å². The third-order valence-electron chi connectivity index (χ3n) is 4.41. The molecule has 1 aliphatic heterocycles. The van der Waals surface area contributed by atoms with Gasteiger partial charge in [0.25, 0.3) is 0 Å². The molecule has 1 aliphatic carbocycles. The lowest BCUT2D eigenvalue weighted by Gasteiger charge is -2.35. The van der Waals surface area contributed by atoms with E-state index in [1.54, 1.807) is 0 Å². The van der Waals surface area contributed by atoms with E-state index in [9.17, 15) is 4.79 Å². The molecule has 2 aliphatic rings. The van der Waals surface area contributed by atoms with E-state index in [-0.39, 0.29) is 5.97 Å². The van der Waals surface area contributed by atoms with Gasteiger partial charge in [-0.2, -0.15) is 0 Å². The summed E-state index contributed by atoms with van der Waals surface area (Å²) in [6.07, 6.45) is 4.18. The number of hydrogen-bond acceptors (Lipinski definition) is 5. The van der Waals surface area contributed by atoms with Gasteiger partial charge in [-0.3, -0.25) is 15.0 Å². The molecule has 0 aromatic carbocycles. The number of carbonyl (C=O) groups is 1. The summed E-state index contributed by atoms with van der Waals surface area (Å²) in [6, 6.07) is 0.825. The van der Waals surface area contributed by atoms with Crippen molar-refractivity contribution < 1.29 is 14.3 Å². The number of hydrogen-bond donors (Lipinski definition) is 1. The van der Waals surface area contributed by atoms with Crippen molar-refractivity contribution in [3.8, 4) is 0 Å². The Hall–Kier alpha value is -0.650. The summed E-state index contributed by atoms with van der Waals surface area (Å²) in [5.41, 5.74) is -0.580. The van der Waals surface area contributed by atoms with Gasteiger partial charge in [0.1, 0.15) is 5.54 Å². The smallest absolute Gasteiger partial charge is 0.326 e. The second-order valence-corrected chi connectivity index (χ2v) is 6.53. The highest BCUT2D eigenvalue weighted by Crippen LogP contribution is 2.27. The lowest BCUT2D eigenvalue weighted by molar-refractivity contribution is -0.151. The van der Waals surface area contributed by atoms with Crippen LogP contribution in [0, 0.1) is 0 Å². The lowest BCUT2D eigenvalue weighted by Crippen LogP contribution is -2.55. The van der Waals surface area contributed by atoms with Gasteiger partial charge in [0.05, 0.1) is 13.2 Å². The predicted octanol–water partition coefficient (Wildman–Crippen LogP) is 1.56. The molecule has 122 valence electrons. The number of nitrogens with zero attached hydrogens (tertiary/aromatic N) is 1. The minimum atomic E-state index is -0.580. The average molecular weight is 298 g/mol. The Kier molecular flexibility index (Phi) is 6.02. The van der Waals surface area contributed by atoms with Crippen LogP contribution in [0.25, 0.3) is 0 Å². The Balaban J connectivity index is 1.96. The van der Waals surface area contributed by atoms with Crippen molar-refractivity contribution in [2.45, 2.75) is 64.1 Å². The number of ether oxygens (including phenoxy) is 2. The van der Waals surface area contributed by atoms with Crippen LogP contribution in [0.1, 0.15) is 46.5 Å². The van der Waals surface area contributed by atoms with E-state index < -0.39 is 5.54 Å². The molecule has 0 amide bonds. The van der Waals surface area contributed by atoms with E-state index in [1.807, 2.05) is 13.8 Å². The normalized spacial score (nSPS) is 24.9. The van der Waals surface area contributed by atoms with Crippen molar-refractivity contribution in [1.82, 2.24) is 10.2 Å². The molecule has 0 aromatic rings. The molecule has 2 unspecified atom stereocenters. The molecule has 0 radical (unpaired) electrons. The predicted molar refractivity (Wildman–Crippen MR) is 82.3 cm³/mol. The number of carbonyl (C=O) groups excluding carboxylic acids is 1. The Bertz CT molecular complexity index is 338. The van der Waals surface area contributed by atoms with Gasteiger partial charge in [0.2, 0.25) is 0 Å². The van der Waals surface area contributed by atoms with Gasteiger partial charge in [0, 0.05) is 31.8 Å². The quantitative estimate of drug-likeness (QED) is 0.723. The molecule has 1 heterocycles. The molecule has 2 fully saturated rings. The maximum Gasteiger partial charge on any atom is 0.326 e. The van der Waals surface area contributed by atoms with Crippen LogP contribution in [0.15, 0.2) is 0 Å². The van der Waals surface area contributed by atoms with E-state index >= 15 is 0 Å². The van der Waals surface area contributed by atoms with Gasteiger partial charge in [-0.05, 0) is 46.5 Å². The van der Waals surface area contributed by atoms with E-state index in [0.717, 1.165) is 39.1 Å². The van der Waals surface area contributed by atoms with Crippen molar-refractivity contribution in [3.05, 3.63) is 0 Å². The minimum absolute atomic E-state index is 0.116. The minimum Gasteiger partial charge on any atom is -0.465 e. The van der Waals surface area contributed by atoms with Gasteiger partial charge < -0.3 is 9.47 Å². The fraction of sp³-hybridized carbons (Fsp3) is 0.938. The molecule has 0 aromatic heterocycles. The zero-order chi connectivity index (χ0) is 15.3. The maximum atomic E-state index is 12.4. The summed E-state index contributed by atoms with van der Waals surface area (Å²) < 4.78 is 10.8. The SMILES string of the molecule is CCOC(=O)C(C)(CC(C)N1CCCOCC1)NC1CC1. The molecule has 2 atom stereocenters. The van der Waals surface area contributed by atoms with Crippen molar-refractivity contribution in [3.63, 3.8) is 0 Å². The van der Waals surface area contributed by atoms with Crippen LogP contribution in [-0.2, 0) is 14.3 Å². The average Bonchev–Trinajstić information content (AvgIpc) is 3.24. The fourth-order valence-corrected chi connectivity index (χ4v) is 3.10. The summed E-state index contributed by atoms with van der Waals surface area (Å²) in [5.74, 6) is -0.116. The Morgan fingerprint density at radius 3 is 2.86 bits per heavy atom. The molecular formula is C16H30N2O3. The van der Waals surface area contributed by atoms with Crippen LogP contribution >= 0.6 is 0 Å². The molecular weight excluding hydrogens is 268 g/mol. The van der Waals surface area contributed by atoms with Crippen LogP contribution in [-0.4, -0.2) is 61.4 Å². The zero-order valence-electron chi connectivity index (χ0n) is 13.7. The monoisotopic (exact) mass is 298 g/mol. The fourth-order valence-electron chi connectivity index (χ4n) is 3.10. The maximum absolute atomic E-state index is 12.4. The molecule has 0 spiro atoms. The van der Waals surface area contributed by atoms with Gasteiger partial charge in [-0.1, -0.05) is 0 Å². The topological polar surface area (TPSA) is 50.8 Å². The standard InChI is InChI=1S/C16H30N2O3/c1-4-21-15(19)16(3,17-14-6-7-14)12-13(2)18-8-5-10-20-11-9-18/h13-14,17H,4-12H2,1-3H3. The summed E-state index contributed by atoms with van der Waals surface area (Å²) in [7, 11) is 0. The highest BCUT2D eigenvalue weighted by Gasteiger charge is 2.41. The lowest BCUT2D eigenvalue weighted by atomic mass is 9.92. The van der Waals surface area contributed by atoms with Gasteiger partial charge >= 0.3 is 5.97 Å². The van der Waals surface area contributed by atoms with Gasteiger partial charge in [-0.15, -0.1) is 0 Å². The van der Waals surface area contributed by atoms with Crippen LogP contribution in [0.2, 0.25) is 0 Å². The second-order valence-electron chi connectivity index (χ2n) is 6.53. The summed E-state index contributed by atoms with van der Waals surface area (Å²) in [5, 5.41) is 3.51. The molecule has 1 saturated heterocycles. The van der Waals surface area contributed by atoms with E-state index in [0.29, 0.717) is 18.7 Å². The van der Waals surface area contributed by atoms with E-state index in [1.165, 1.54) is 12.8 Å². The van der Waals surface area contributed by atoms with E-state index in [4.69, 9.17) is 9.47 Å². The highest BCUT2D eigenvalue weighted by atomic mass is 16.5. The molecule has 1 N–H and O–H groups in total. The third kappa shape index (κ3) is 4.94. The zero-order valence-corrected chi connectivity index (χ0v) is 13.7. The van der Waals surface area contributed by atoms with Gasteiger partial charge in [0.15, 0.2) is 0 Å². The van der Waals surface area contributed by atoms with Crippen LogP contribution < -0.4 is 5.32 Å². The molecule has 21 heavy (non-hydrogen) atoms. The van der Waals surface area contributed by atoms with E-state index in [2.05, 4.69) is 17.1 Å². The first-order valence-electron chi connectivity index (χ1n) is 8.32. The Morgan fingerprint density at radius 1 is 1.43 bits per heavy atom. The van der Waals surface area contributed by atoms with Crippen LogP contribution in [0.3, 0.4) is 0 Å². The summed E-state index contributed by atoms with van der Waals surface area (Å²) in [4.78, 5) is 14.8. The van der Waals surface area contributed by atoms with Crippen LogP contribution in [0.5, 0.6) is 0 Å². The first-order chi connectivity index (χ1) is 10.0. The molecule has 1 saturated carbocycles. The van der Waals surface area contributed by atoms with Crippen molar-refractivity contribution in [1.29, 1.82) is 0 Å². The number of nitrogens with one attached hydrogen (secondary N) is 1. The number of rotatable bonds is 7. The largest absolute Gasteiger partial charge is 0.465 e. The Morgan fingerprint density at radius 2 is 2.19 bits per heavy atom. The molecule has 0 bridgehead atoms. The second kappa shape index (κ2) is 7.56. The summed E-state index contributed by atoms with van der Waals surface area (Å²) >= 11 is 0. The first kappa shape index (κ1) is 16.7. The number of esters is 1. The third-order valence-corrected chi connectivity index (χ3v) is 4.41. The van der Waals surface area contributed by atoms with Crippen LogP contribution in [0.4, 0.5) is 0 Å². The van der Waals surface area contributed by atoms with Crippen molar-refractivity contribution in [2.24, 2.45) is 0 Å². The first-order valence-corrected chi connectivity index (χ1v) is 8.32.